The minimum atomic E-state index is -0.776. The second-order valence-electron chi connectivity index (χ2n) is 4.69. The third-order valence-corrected chi connectivity index (χ3v) is 3.26. The third kappa shape index (κ3) is 3.25. The van der Waals surface area contributed by atoms with E-state index < -0.39 is 6.10 Å². The highest BCUT2D eigenvalue weighted by molar-refractivity contribution is 5.20. The zero-order valence-corrected chi connectivity index (χ0v) is 10.1. The molecule has 2 rings (SSSR count). The van der Waals surface area contributed by atoms with Gasteiger partial charge in [-0.15, -0.1) is 0 Å². The van der Waals surface area contributed by atoms with Crippen molar-refractivity contribution in [3.8, 4) is 0 Å². The van der Waals surface area contributed by atoms with Gasteiger partial charge in [-0.3, -0.25) is 0 Å². The molecule has 1 aromatic carbocycles. The fourth-order valence-electron chi connectivity index (χ4n) is 2.24. The van der Waals surface area contributed by atoms with Crippen molar-refractivity contribution in [2.24, 2.45) is 0 Å². The lowest BCUT2D eigenvalue weighted by atomic mass is 10.1. The largest absolute Gasteiger partial charge is 0.387 e. The highest BCUT2D eigenvalue weighted by atomic mass is 19.1. The van der Waals surface area contributed by atoms with Gasteiger partial charge < -0.3 is 15.3 Å². The molecule has 0 aromatic heterocycles. The fourth-order valence-corrected chi connectivity index (χ4v) is 2.24. The van der Waals surface area contributed by atoms with E-state index >= 15 is 0 Å². The van der Waals surface area contributed by atoms with Crippen molar-refractivity contribution < 1.29 is 9.50 Å². The number of likely N-dealkylation sites (N-methyl/N-ethyl adjacent to an activating group) is 1. The first-order chi connectivity index (χ1) is 8.16. The Bertz CT molecular complexity index is 372. The van der Waals surface area contributed by atoms with Crippen LogP contribution in [0.15, 0.2) is 24.3 Å². The summed E-state index contributed by atoms with van der Waals surface area (Å²) in [4.78, 5) is 2.24. The van der Waals surface area contributed by atoms with Crippen LogP contribution in [-0.2, 0) is 0 Å². The monoisotopic (exact) mass is 238 g/mol. The number of hydrogen-bond donors (Lipinski definition) is 2. The minimum Gasteiger partial charge on any atom is -0.387 e. The van der Waals surface area contributed by atoms with Gasteiger partial charge in [0.15, 0.2) is 0 Å². The molecule has 17 heavy (non-hydrogen) atoms. The highest BCUT2D eigenvalue weighted by Gasteiger charge is 2.20. The Morgan fingerprint density at radius 2 is 2.29 bits per heavy atom. The van der Waals surface area contributed by atoms with Crippen LogP contribution in [0.1, 0.15) is 18.1 Å². The first kappa shape index (κ1) is 12.5. The molecule has 4 heteroatoms. The van der Waals surface area contributed by atoms with Crippen molar-refractivity contribution >= 4 is 0 Å². The molecule has 1 aliphatic rings. The lowest BCUT2D eigenvalue weighted by Crippen LogP contribution is -2.34. The maximum Gasteiger partial charge on any atom is 0.129 e. The molecule has 1 aromatic rings. The SMILES string of the molecule is CN1CCC(NCC(O)c2ccccc2F)C1. The molecule has 2 N–H and O–H groups in total. The van der Waals surface area contributed by atoms with Crippen molar-refractivity contribution in [2.45, 2.75) is 18.6 Å². The highest BCUT2D eigenvalue weighted by Crippen LogP contribution is 2.16. The Morgan fingerprint density at radius 3 is 2.94 bits per heavy atom. The normalized spacial score (nSPS) is 22.9. The van der Waals surface area contributed by atoms with Crippen LogP contribution in [0.5, 0.6) is 0 Å². The zero-order valence-electron chi connectivity index (χ0n) is 10.1. The molecule has 2 atom stereocenters. The van der Waals surface area contributed by atoms with Crippen LogP contribution >= 0.6 is 0 Å². The maximum absolute atomic E-state index is 13.4. The van der Waals surface area contributed by atoms with Gasteiger partial charge in [0, 0.05) is 24.7 Å². The van der Waals surface area contributed by atoms with Crippen LogP contribution in [0.3, 0.4) is 0 Å². The quantitative estimate of drug-likeness (QED) is 0.826. The third-order valence-electron chi connectivity index (χ3n) is 3.26. The second-order valence-corrected chi connectivity index (χ2v) is 4.69. The lowest BCUT2D eigenvalue weighted by molar-refractivity contribution is 0.165. The van der Waals surface area contributed by atoms with E-state index in [1.165, 1.54) is 6.07 Å². The summed E-state index contributed by atoms with van der Waals surface area (Å²) in [7, 11) is 2.08. The number of nitrogens with one attached hydrogen (secondary N) is 1. The van der Waals surface area contributed by atoms with Gasteiger partial charge >= 0.3 is 0 Å². The Hall–Kier alpha value is -0.970. The van der Waals surface area contributed by atoms with Crippen LogP contribution in [0, 0.1) is 5.82 Å². The molecule has 0 aliphatic carbocycles. The number of aliphatic hydroxyl groups is 1. The molecule has 3 nitrogen and oxygen atoms in total. The number of aliphatic hydroxyl groups excluding tert-OH is 1. The molecule has 0 spiro atoms. The summed E-state index contributed by atoms with van der Waals surface area (Å²) in [5, 5.41) is 13.2. The second kappa shape index (κ2) is 5.58. The number of halogens is 1. The summed E-state index contributed by atoms with van der Waals surface area (Å²) >= 11 is 0. The predicted octanol–water partition coefficient (Wildman–Crippen LogP) is 1.15. The molecule has 1 heterocycles. The Kier molecular flexibility index (Phi) is 4.10. The van der Waals surface area contributed by atoms with Gasteiger partial charge in [-0.2, -0.15) is 0 Å². The van der Waals surface area contributed by atoms with Crippen LogP contribution < -0.4 is 5.32 Å². The summed E-state index contributed by atoms with van der Waals surface area (Å²) < 4.78 is 13.4. The van der Waals surface area contributed by atoms with E-state index in [4.69, 9.17) is 0 Å². The molecule has 0 saturated carbocycles. The Balaban J connectivity index is 1.85. The zero-order chi connectivity index (χ0) is 12.3. The average molecular weight is 238 g/mol. The van der Waals surface area contributed by atoms with Crippen LogP contribution in [0.4, 0.5) is 4.39 Å². The van der Waals surface area contributed by atoms with Gasteiger partial charge in [0.1, 0.15) is 5.82 Å². The van der Waals surface area contributed by atoms with E-state index in [9.17, 15) is 9.50 Å². The molecule has 1 saturated heterocycles. The lowest BCUT2D eigenvalue weighted by Gasteiger charge is -2.17. The van der Waals surface area contributed by atoms with E-state index in [2.05, 4.69) is 17.3 Å². The fraction of sp³-hybridized carbons (Fsp3) is 0.538. The van der Waals surface area contributed by atoms with Gasteiger partial charge in [-0.25, -0.2) is 4.39 Å². The number of rotatable bonds is 4. The summed E-state index contributed by atoms with van der Waals surface area (Å²) in [6, 6.07) is 6.78. The van der Waals surface area contributed by atoms with Crippen LogP contribution in [0.2, 0.25) is 0 Å². The molecule has 1 fully saturated rings. The summed E-state index contributed by atoms with van der Waals surface area (Å²) in [6.45, 7) is 2.47. The van der Waals surface area contributed by atoms with Crippen molar-refractivity contribution in [1.82, 2.24) is 10.2 Å². The smallest absolute Gasteiger partial charge is 0.129 e. The van der Waals surface area contributed by atoms with Gasteiger partial charge in [0.2, 0.25) is 0 Å². The molecule has 0 radical (unpaired) electrons. The van der Waals surface area contributed by atoms with Gasteiger partial charge in [0.25, 0.3) is 0 Å². The summed E-state index contributed by atoms with van der Waals surface area (Å²) in [6.07, 6.45) is 0.308. The maximum atomic E-state index is 13.4. The molecule has 1 aliphatic heterocycles. The number of hydrogen-bond acceptors (Lipinski definition) is 3. The molecule has 94 valence electrons. The first-order valence-corrected chi connectivity index (χ1v) is 6.01. The minimum absolute atomic E-state index is 0.342. The van der Waals surface area contributed by atoms with Gasteiger partial charge in [0.05, 0.1) is 6.10 Å². The molecule has 2 unspecified atom stereocenters. The van der Waals surface area contributed by atoms with Crippen molar-refractivity contribution in [3.63, 3.8) is 0 Å². The van der Waals surface area contributed by atoms with Crippen LogP contribution in [-0.4, -0.2) is 42.7 Å². The van der Waals surface area contributed by atoms with Gasteiger partial charge in [-0.1, -0.05) is 18.2 Å². The van der Waals surface area contributed by atoms with E-state index in [0.717, 1.165) is 19.5 Å². The van der Waals surface area contributed by atoms with Crippen molar-refractivity contribution in [1.29, 1.82) is 0 Å². The Labute approximate surface area is 101 Å². The molecule has 0 bridgehead atoms. The van der Waals surface area contributed by atoms with E-state index in [1.54, 1.807) is 18.2 Å². The molecule has 0 amide bonds. The topological polar surface area (TPSA) is 35.5 Å². The Morgan fingerprint density at radius 1 is 1.53 bits per heavy atom. The first-order valence-electron chi connectivity index (χ1n) is 6.01. The standard InChI is InChI=1S/C13H19FN2O/c1-16-7-6-10(9-16)15-8-13(17)11-4-2-3-5-12(11)14/h2-5,10,13,15,17H,6-9H2,1H3. The number of likely N-dealkylation sites (tertiary alicyclic amines) is 1. The number of nitrogens with zero attached hydrogens (tertiary/aromatic N) is 1. The van der Waals surface area contributed by atoms with E-state index in [-0.39, 0.29) is 5.82 Å². The summed E-state index contributed by atoms with van der Waals surface area (Å²) in [5.74, 6) is -0.342. The average Bonchev–Trinajstić information content (AvgIpc) is 2.73. The van der Waals surface area contributed by atoms with E-state index in [1.807, 2.05) is 0 Å². The summed E-state index contributed by atoms with van der Waals surface area (Å²) in [5.41, 5.74) is 0.367. The number of benzene rings is 1. The van der Waals surface area contributed by atoms with Crippen molar-refractivity contribution in [3.05, 3.63) is 35.6 Å². The van der Waals surface area contributed by atoms with Gasteiger partial charge in [-0.05, 0) is 26.1 Å². The predicted molar refractivity (Wildman–Crippen MR) is 65.3 cm³/mol. The molecular formula is C13H19FN2O. The van der Waals surface area contributed by atoms with Crippen molar-refractivity contribution in [2.75, 3.05) is 26.7 Å². The molecular weight excluding hydrogens is 219 g/mol. The van der Waals surface area contributed by atoms with Crippen LogP contribution in [0.25, 0.3) is 0 Å². The van der Waals surface area contributed by atoms with E-state index in [0.29, 0.717) is 18.2 Å².